The topological polar surface area (TPSA) is 52.6 Å². The lowest BCUT2D eigenvalue weighted by atomic mass is 10.0. The molecule has 8 heteroatoms. The van der Waals surface area contributed by atoms with Crippen LogP contribution in [0.25, 0.3) is 11.1 Å². The molecular weight excluding hydrogens is 450 g/mol. The second kappa shape index (κ2) is 8.55. The van der Waals surface area contributed by atoms with Crippen molar-refractivity contribution >= 4 is 33.0 Å². The fraction of sp³-hybridized carbons (Fsp3) is 0.182. The predicted molar refractivity (Wildman–Crippen MR) is 114 cm³/mol. The van der Waals surface area contributed by atoms with Crippen molar-refractivity contribution in [2.24, 2.45) is 0 Å². The lowest BCUT2D eigenvalue weighted by Gasteiger charge is -2.28. The zero-order valence-electron chi connectivity index (χ0n) is 15.6. The van der Waals surface area contributed by atoms with E-state index in [9.17, 15) is 12.8 Å². The van der Waals surface area contributed by atoms with Gasteiger partial charge < -0.3 is 9.47 Å². The molecule has 0 spiro atoms. The van der Waals surface area contributed by atoms with Gasteiger partial charge in [-0.2, -0.15) is 0 Å². The molecule has 0 atom stereocenters. The number of sulfone groups is 1. The van der Waals surface area contributed by atoms with Gasteiger partial charge in [-0.1, -0.05) is 59.6 Å². The summed E-state index contributed by atoms with van der Waals surface area (Å²) in [5.41, 5.74) is 1.62. The van der Waals surface area contributed by atoms with E-state index in [1.807, 2.05) is 30.3 Å². The number of benzene rings is 3. The molecule has 1 aliphatic heterocycles. The van der Waals surface area contributed by atoms with Crippen LogP contribution in [0.15, 0.2) is 65.6 Å². The fourth-order valence-electron chi connectivity index (χ4n) is 3.11. The first-order valence-corrected chi connectivity index (χ1v) is 11.5. The van der Waals surface area contributed by atoms with Gasteiger partial charge in [-0.25, -0.2) is 12.8 Å². The van der Waals surface area contributed by atoms with E-state index in [2.05, 4.69) is 0 Å². The van der Waals surface area contributed by atoms with Gasteiger partial charge in [-0.15, -0.1) is 0 Å². The van der Waals surface area contributed by atoms with Crippen molar-refractivity contribution in [1.82, 2.24) is 0 Å². The lowest BCUT2D eigenvalue weighted by Crippen LogP contribution is -2.39. The Kier molecular flexibility index (Phi) is 6.02. The minimum atomic E-state index is -4.01. The van der Waals surface area contributed by atoms with Crippen LogP contribution in [0.4, 0.5) is 4.39 Å². The Morgan fingerprint density at radius 3 is 2.40 bits per heavy atom. The number of hydrogen-bond donors (Lipinski definition) is 0. The maximum atomic E-state index is 14.5. The summed E-state index contributed by atoms with van der Waals surface area (Å²) in [6.07, 6.45) is -0.296. The summed E-state index contributed by atoms with van der Waals surface area (Å²) in [7, 11) is -4.01. The van der Waals surface area contributed by atoms with Gasteiger partial charge in [0.05, 0.1) is 24.0 Å². The van der Waals surface area contributed by atoms with E-state index in [0.29, 0.717) is 13.2 Å². The summed E-state index contributed by atoms with van der Waals surface area (Å²) < 4.78 is 51.7. The van der Waals surface area contributed by atoms with Crippen molar-refractivity contribution in [3.8, 4) is 16.9 Å². The van der Waals surface area contributed by atoms with Crippen LogP contribution in [0, 0.1) is 5.82 Å². The zero-order valence-corrected chi connectivity index (χ0v) is 18.0. The first-order valence-electron chi connectivity index (χ1n) is 9.13. The minimum Gasteiger partial charge on any atom is -0.483 e. The first kappa shape index (κ1) is 21.1. The predicted octanol–water partition coefficient (Wildman–Crippen LogP) is 5.55. The second-order valence-electron chi connectivity index (χ2n) is 6.92. The molecule has 0 amide bonds. The van der Waals surface area contributed by atoms with Crippen LogP contribution in [0.5, 0.6) is 5.75 Å². The molecular formula is C22H17Cl2FO4S. The third kappa shape index (κ3) is 4.47. The highest BCUT2D eigenvalue weighted by molar-refractivity contribution is 7.90. The second-order valence-corrected chi connectivity index (χ2v) is 9.73. The highest BCUT2D eigenvalue weighted by atomic mass is 35.5. The number of ether oxygens (including phenoxy) is 2. The number of hydrogen-bond acceptors (Lipinski definition) is 4. The van der Waals surface area contributed by atoms with Crippen LogP contribution in [0.1, 0.15) is 5.56 Å². The molecule has 1 aliphatic rings. The van der Waals surface area contributed by atoms with Crippen molar-refractivity contribution in [2.45, 2.75) is 16.8 Å². The van der Waals surface area contributed by atoms with Crippen molar-refractivity contribution in [2.75, 3.05) is 13.2 Å². The SMILES string of the molecule is O=S(=O)(Cc1cc(-c2ccccc2)ccc1F)c1cc(Cl)cc(Cl)c1OC1COC1. The molecule has 156 valence electrons. The van der Waals surface area contributed by atoms with Crippen molar-refractivity contribution < 1.29 is 22.3 Å². The molecule has 30 heavy (non-hydrogen) atoms. The van der Waals surface area contributed by atoms with Gasteiger partial charge >= 0.3 is 0 Å². The molecule has 1 fully saturated rings. The fourth-order valence-corrected chi connectivity index (χ4v) is 5.30. The van der Waals surface area contributed by atoms with Gasteiger partial charge in [-0.3, -0.25) is 0 Å². The molecule has 0 aromatic heterocycles. The summed E-state index contributed by atoms with van der Waals surface area (Å²) in [6.45, 7) is 0.679. The third-order valence-electron chi connectivity index (χ3n) is 4.70. The summed E-state index contributed by atoms with van der Waals surface area (Å²) >= 11 is 12.3. The van der Waals surface area contributed by atoms with Gasteiger partial charge in [0.1, 0.15) is 16.8 Å². The highest BCUT2D eigenvalue weighted by Gasteiger charge is 2.29. The maximum absolute atomic E-state index is 14.5. The number of halogens is 3. The Labute approximate surface area is 184 Å². The highest BCUT2D eigenvalue weighted by Crippen LogP contribution is 2.38. The summed E-state index contributed by atoms with van der Waals surface area (Å²) in [5.74, 6) is -1.16. The van der Waals surface area contributed by atoms with Crippen molar-refractivity contribution in [1.29, 1.82) is 0 Å². The Morgan fingerprint density at radius 1 is 1.00 bits per heavy atom. The van der Waals surface area contributed by atoms with Crippen molar-refractivity contribution in [3.05, 3.63) is 82.1 Å². The maximum Gasteiger partial charge on any atom is 0.186 e. The molecule has 0 saturated carbocycles. The van der Waals surface area contributed by atoms with E-state index < -0.39 is 21.4 Å². The average molecular weight is 467 g/mol. The van der Waals surface area contributed by atoms with Crippen LogP contribution in [0.3, 0.4) is 0 Å². The van der Waals surface area contributed by atoms with Gasteiger partial charge in [-0.05, 0) is 35.4 Å². The van der Waals surface area contributed by atoms with E-state index >= 15 is 0 Å². The minimum absolute atomic E-state index is 0.00832. The molecule has 4 rings (SSSR count). The number of rotatable bonds is 6. The van der Waals surface area contributed by atoms with Crippen LogP contribution < -0.4 is 4.74 Å². The smallest absolute Gasteiger partial charge is 0.186 e. The van der Waals surface area contributed by atoms with E-state index in [1.165, 1.54) is 24.3 Å². The molecule has 1 heterocycles. The Balaban J connectivity index is 1.72. The Morgan fingerprint density at radius 2 is 1.73 bits per heavy atom. The van der Waals surface area contributed by atoms with Crippen LogP contribution in [0.2, 0.25) is 10.0 Å². The molecule has 0 radical (unpaired) electrons. The van der Waals surface area contributed by atoms with Gasteiger partial charge in [0, 0.05) is 10.6 Å². The standard InChI is InChI=1S/C22H17Cl2FO4S/c23-17-9-19(24)22(29-18-11-28-12-18)21(10-17)30(26,27)13-16-8-15(6-7-20(16)25)14-4-2-1-3-5-14/h1-10,18H,11-13H2. The van der Waals surface area contributed by atoms with E-state index in [4.69, 9.17) is 32.7 Å². The molecule has 4 nitrogen and oxygen atoms in total. The van der Waals surface area contributed by atoms with Crippen LogP contribution >= 0.6 is 23.2 Å². The average Bonchev–Trinajstić information content (AvgIpc) is 2.67. The molecule has 0 unspecified atom stereocenters. The van der Waals surface area contributed by atoms with Gasteiger partial charge in [0.2, 0.25) is 0 Å². The summed E-state index contributed by atoms with van der Waals surface area (Å²) in [4.78, 5) is -0.170. The molecule has 1 saturated heterocycles. The summed E-state index contributed by atoms with van der Waals surface area (Å²) in [6, 6.07) is 16.4. The quantitative estimate of drug-likeness (QED) is 0.477. The Hall–Kier alpha value is -2.12. The van der Waals surface area contributed by atoms with Crippen LogP contribution in [-0.4, -0.2) is 27.7 Å². The van der Waals surface area contributed by atoms with E-state index in [1.54, 1.807) is 6.07 Å². The summed E-state index contributed by atoms with van der Waals surface area (Å²) in [5, 5.41) is 0.223. The van der Waals surface area contributed by atoms with Crippen LogP contribution in [-0.2, 0) is 20.3 Å². The van der Waals surface area contributed by atoms with Gasteiger partial charge in [0.15, 0.2) is 15.6 Å². The van der Waals surface area contributed by atoms with Crippen molar-refractivity contribution in [3.63, 3.8) is 0 Å². The normalized spacial score (nSPS) is 14.4. The molecule has 0 aliphatic carbocycles. The molecule has 3 aromatic rings. The third-order valence-corrected chi connectivity index (χ3v) is 6.86. The monoisotopic (exact) mass is 466 g/mol. The van der Waals surface area contributed by atoms with Gasteiger partial charge in [0.25, 0.3) is 0 Å². The molecule has 3 aromatic carbocycles. The molecule has 0 bridgehead atoms. The Bertz CT molecular complexity index is 1180. The zero-order chi connectivity index (χ0) is 21.3. The lowest BCUT2D eigenvalue weighted by molar-refractivity contribution is -0.0806. The van der Waals surface area contributed by atoms with E-state index in [-0.39, 0.29) is 32.4 Å². The largest absolute Gasteiger partial charge is 0.483 e. The van der Waals surface area contributed by atoms with E-state index in [0.717, 1.165) is 11.1 Å². The molecule has 0 N–H and O–H groups in total. The first-order chi connectivity index (χ1) is 14.3.